The van der Waals surface area contributed by atoms with Gasteiger partial charge in [-0.3, -0.25) is 0 Å². The van der Waals surface area contributed by atoms with Crippen LogP contribution in [-0.4, -0.2) is 34.6 Å². The minimum Gasteiger partial charge on any atom is -0.396 e. The predicted octanol–water partition coefficient (Wildman–Crippen LogP) is 3.43. The minimum atomic E-state index is -0.810. The number of aliphatic hydroxyl groups excluding tert-OH is 3. The van der Waals surface area contributed by atoms with E-state index in [9.17, 15) is 15.3 Å². The van der Waals surface area contributed by atoms with Crippen LogP contribution in [-0.2, 0) is 0 Å². The summed E-state index contributed by atoms with van der Waals surface area (Å²) in [5, 5.41) is 29.6. The lowest BCUT2D eigenvalue weighted by molar-refractivity contribution is -0.0630. The highest BCUT2D eigenvalue weighted by molar-refractivity contribution is 5.32. The summed E-state index contributed by atoms with van der Waals surface area (Å²) < 4.78 is 0. The van der Waals surface area contributed by atoms with Crippen molar-refractivity contribution in [1.29, 1.82) is 0 Å². The highest BCUT2D eigenvalue weighted by atomic mass is 16.3. The Balaban J connectivity index is 1.94. The molecule has 0 bridgehead atoms. The molecule has 3 nitrogen and oxygen atoms in total. The van der Waals surface area contributed by atoms with Gasteiger partial charge in [-0.15, -0.1) is 0 Å². The lowest BCUT2D eigenvalue weighted by Crippen LogP contribution is -2.49. The zero-order chi connectivity index (χ0) is 16.9. The van der Waals surface area contributed by atoms with Gasteiger partial charge >= 0.3 is 0 Å². The van der Waals surface area contributed by atoms with Crippen LogP contribution in [0.3, 0.4) is 0 Å². The summed E-state index contributed by atoms with van der Waals surface area (Å²) in [6.07, 6.45) is 8.01. The van der Waals surface area contributed by atoms with E-state index in [2.05, 4.69) is 20.8 Å². The van der Waals surface area contributed by atoms with E-state index in [4.69, 9.17) is 0 Å². The Labute approximate surface area is 140 Å². The number of aliphatic hydroxyl groups is 3. The maximum absolute atomic E-state index is 10.3. The Morgan fingerprint density at radius 2 is 1.83 bits per heavy atom. The standard InChI is InChI=1S/C20H34O3/c1-18(2)8-4-9-19(3)15-7-10-20(13-22,17(23)12-21)11-14(15)5-6-16(18)19/h16-17,21-23H,4-13H2,1-3H3/t16?,17-,19-,20?/m1/s1. The molecular formula is C20H34O3. The largest absolute Gasteiger partial charge is 0.396 e. The van der Waals surface area contributed by atoms with Crippen LogP contribution in [0.4, 0.5) is 0 Å². The van der Waals surface area contributed by atoms with Crippen molar-refractivity contribution in [1.82, 2.24) is 0 Å². The molecule has 1 fully saturated rings. The lowest BCUT2D eigenvalue weighted by Gasteiger charge is -2.57. The Hall–Kier alpha value is -0.380. The van der Waals surface area contributed by atoms with Crippen LogP contribution in [0.2, 0.25) is 0 Å². The number of allylic oxidation sites excluding steroid dienone is 2. The van der Waals surface area contributed by atoms with Crippen molar-refractivity contribution in [3.05, 3.63) is 11.1 Å². The molecular weight excluding hydrogens is 288 g/mol. The van der Waals surface area contributed by atoms with E-state index < -0.39 is 11.5 Å². The summed E-state index contributed by atoms with van der Waals surface area (Å²) in [5.41, 5.74) is 3.31. The summed E-state index contributed by atoms with van der Waals surface area (Å²) in [7, 11) is 0. The summed E-state index contributed by atoms with van der Waals surface area (Å²) in [6, 6.07) is 0. The molecule has 132 valence electrons. The number of rotatable bonds is 3. The number of hydrogen-bond donors (Lipinski definition) is 3. The van der Waals surface area contributed by atoms with Crippen molar-refractivity contribution in [3.63, 3.8) is 0 Å². The van der Waals surface area contributed by atoms with Crippen molar-refractivity contribution in [2.45, 2.75) is 78.2 Å². The van der Waals surface area contributed by atoms with E-state index in [1.165, 1.54) is 31.3 Å². The highest BCUT2D eigenvalue weighted by Gasteiger charge is 2.53. The van der Waals surface area contributed by atoms with E-state index in [0.717, 1.165) is 31.6 Å². The average molecular weight is 322 g/mol. The van der Waals surface area contributed by atoms with Gasteiger partial charge in [0, 0.05) is 5.41 Å². The summed E-state index contributed by atoms with van der Waals surface area (Å²) in [6.45, 7) is 7.07. The minimum absolute atomic E-state index is 0.0306. The molecule has 3 rings (SSSR count). The van der Waals surface area contributed by atoms with Gasteiger partial charge in [0.1, 0.15) is 0 Å². The zero-order valence-corrected chi connectivity index (χ0v) is 15.1. The normalized spacial score (nSPS) is 41.2. The van der Waals surface area contributed by atoms with E-state index in [1.54, 1.807) is 5.57 Å². The van der Waals surface area contributed by atoms with Crippen LogP contribution in [0, 0.1) is 22.2 Å². The van der Waals surface area contributed by atoms with Gasteiger partial charge in [-0.25, -0.2) is 0 Å². The van der Waals surface area contributed by atoms with Gasteiger partial charge in [0.15, 0.2) is 0 Å². The predicted molar refractivity (Wildman–Crippen MR) is 92.0 cm³/mol. The second-order valence-corrected chi connectivity index (χ2v) is 9.33. The summed E-state index contributed by atoms with van der Waals surface area (Å²) >= 11 is 0. The molecule has 3 aliphatic rings. The Morgan fingerprint density at radius 3 is 2.48 bits per heavy atom. The molecule has 0 aromatic rings. The molecule has 0 aromatic heterocycles. The first-order valence-electron chi connectivity index (χ1n) is 9.40. The second kappa shape index (κ2) is 5.86. The van der Waals surface area contributed by atoms with Crippen molar-refractivity contribution in [3.8, 4) is 0 Å². The lowest BCUT2D eigenvalue weighted by atomic mass is 9.47. The molecule has 0 amide bonds. The van der Waals surface area contributed by atoms with Gasteiger partial charge in [0.25, 0.3) is 0 Å². The van der Waals surface area contributed by atoms with Gasteiger partial charge in [-0.1, -0.05) is 38.3 Å². The van der Waals surface area contributed by atoms with E-state index in [-0.39, 0.29) is 13.2 Å². The highest BCUT2D eigenvalue weighted by Crippen LogP contribution is 2.63. The van der Waals surface area contributed by atoms with Crippen molar-refractivity contribution in [2.75, 3.05) is 13.2 Å². The fourth-order valence-electron chi connectivity index (χ4n) is 6.33. The third kappa shape index (κ3) is 2.60. The molecule has 0 aromatic carbocycles. The molecule has 0 radical (unpaired) electrons. The third-order valence-corrected chi connectivity index (χ3v) is 7.71. The first-order valence-corrected chi connectivity index (χ1v) is 9.40. The van der Waals surface area contributed by atoms with Crippen LogP contribution in [0.15, 0.2) is 11.1 Å². The third-order valence-electron chi connectivity index (χ3n) is 7.71. The average Bonchev–Trinajstić information content (AvgIpc) is 2.52. The van der Waals surface area contributed by atoms with Crippen molar-refractivity contribution in [2.24, 2.45) is 22.2 Å². The fraction of sp³-hybridized carbons (Fsp3) is 0.900. The van der Waals surface area contributed by atoms with Gasteiger partial charge in [0.05, 0.1) is 19.3 Å². The van der Waals surface area contributed by atoms with Crippen LogP contribution in [0.5, 0.6) is 0 Å². The first kappa shape index (κ1) is 17.4. The topological polar surface area (TPSA) is 60.7 Å². The molecule has 3 aliphatic carbocycles. The van der Waals surface area contributed by atoms with Gasteiger partial charge < -0.3 is 15.3 Å². The number of fused-ring (bicyclic) bond motifs is 2. The molecule has 0 aliphatic heterocycles. The molecule has 4 atom stereocenters. The first-order chi connectivity index (χ1) is 10.8. The summed E-state index contributed by atoms with van der Waals surface area (Å²) in [4.78, 5) is 0. The maximum atomic E-state index is 10.3. The SMILES string of the molecule is CC1(C)CCC[C@]2(C)C3=C(CCC12)CC(CO)([C@H](O)CO)CC3. The van der Waals surface area contributed by atoms with Crippen LogP contribution in [0.25, 0.3) is 0 Å². The Bertz CT molecular complexity index is 495. The maximum Gasteiger partial charge on any atom is 0.0852 e. The molecule has 0 saturated heterocycles. The van der Waals surface area contributed by atoms with E-state index in [0.29, 0.717) is 10.8 Å². The smallest absolute Gasteiger partial charge is 0.0852 e. The van der Waals surface area contributed by atoms with Crippen LogP contribution >= 0.6 is 0 Å². The van der Waals surface area contributed by atoms with Gasteiger partial charge in [-0.2, -0.15) is 0 Å². The molecule has 0 spiro atoms. The zero-order valence-electron chi connectivity index (χ0n) is 15.1. The van der Waals surface area contributed by atoms with Gasteiger partial charge in [0.2, 0.25) is 0 Å². The molecule has 0 heterocycles. The molecule has 3 N–H and O–H groups in total. The monoisotopic (exact) mass is 322 g/mol. The Kier molecular flexibility index (Phi) is 4.44. The van der Waals surface area contributed by atoms with Crippen LogP contribution < -0.4 is 0 Å². The molecule has 2 unspecified atom stereocenters. The molecule has 23 heavy (non-hydrogen) atoms. The van der Waals surface area contributed by atoms with E-state index >= 15 is 0 Å². The van der Waals surface area contributed by atoms with Crippen molar-refractivity contribution >= 4 is 0 Å². The summed E-state index contributed by atoms with van der Waals surface area (Å²) in [5.74, 6) is 0.756. The second-order valence-electron chi connectivity index (χ2n) is 9.33. The molecule has 3 heteroatoms. The Morgan fingerprint density at radius 1 is 1.09 bits per heavy atom. The quantitative estimate of drug-likeness (QED) is 0.698. The van der Waals surface area contributed by atoms with Gasteiger partial charge in [-0.05, 0) is 61.7 Å². The fourth-order valence-corrected chi connectivity index (χ4v) is 6.33. The van der Waals surface area contributed by atoms with E-state index in [1.807, 2.05) is 0 Å². The molecule has 1 saturated carbocycles. The van der Waals surface area contributed by atoms with Crippen LogP contribution in [0.1, 0.15) is 72.1 Å². The van der Waals surface area contributed by atoms with Crippen molar-refractivity contribution < 1.29 is 15.3 Å². The number of hydrogen-bond acceptors (Lipinski definition) is 3.